The predicted molar refractivity (Wildman–Crippen MR) is 64.1 cm³/mol. The number of hydrogen-bond acceptors (Lipinski definition) is 6. The number of nitrogens with zero attached hydrogens (tertiary/aromatic N) is 4. The van der Waals surface area contributed by atoms with Crippen molar-refractivity contribution in [2.24, 2.45) is 0 Å². The molecule has 7 nitrogen and oxygen atoms in total. The number of ether oxygens (including phenoxy) is 1. The smallest absolute Gasteiger partial charge is 0.203 e. The maximum atomic E-state index is 9.75. The maximum Gasteiger partial charge on any atom is 0.203 e. The van der Waals surface area contributed by atoms with Crippen molar-refractivity contribution in [1.29, 1.82) is 0 Å². The molecule has 3 N–H and O–H groups in total. The molecule has 0 bridgehead atoms. The number of nitrogen functional groups attached to an aromatic ring is 1. The molecular weight excluding hydrogens is 234 g/mol. The minimum atomic E-state index is -0.883. The third-order valence-corrected chi connectivity index (χ3v) is 2.88. The molecule has 0 aromatic carbocycles. The fourth-order valence-electron chi connectivity index (χ4n) is 1.90. The summed E-state index contributed by atoms with van der Waals surface area (Å²) in [7, 11) is 0. The van der Waals surface area contributed by atoms with E-state index in [1.54, 1.807) is 4.57 Å². The first-order valence-corrected chi connectivity index (χ1v) is 5.25. The van der Waals surface area contributed by atoms with Crippen LogP contribution in [0.5, 0.6) is 0 Å². The monoisotopic (exact) mass is 245 g/mol. The van der Waals surface area contributed by atoms with Gasteiger partial charge in [0.15, 0.2) is 11.5 Å². The second-order valence-corrected chi connectivity index (χ2v) is 4.00. The highest BCUT2D eigenvalue weighted by molar-refractivity contribution is 5.81. The van der Waals surface area contributed by atoms with Crippen molar-refractivity contribution >= 4 is 17.0 Å². The van der Waals surface area contributed by atoms with E-state index < -0.39 is 12.3 Å². The standard InChI is InChI=1S/C11H11N5O2/c1-5-8(17)6(2)18-11(5)16-4-15-7-9(12)13-3-14-10(7)16/h3-4,8,11,17H,1-2H2,(H2,12,13,14)/t8-,11-/m1/s1. The second kappa shape index (κ2) is 3.54. The normalized spacial score (nSPS) is 23.6. The van der Waals surface area contributed by atoms with E-state index >= 15 is 0 Å². The number of nitrogens with two attached hydrogens (primary N) is 1. The number of anilines is 1. The Morgan fingerprint density at radius 3 is 2.78 bits per heavy atom. The second-order valence-electron chi connectivity index (χ2n) is 4.00. The molecule has 3 rings (SSSR count). The van der Waals surface area contributed by atoms with E-state index in [1.165, 1.54) is 12.7 Å². The van der Waals surface area contributed by atoms with E-state index in [1.807, 2.05) is 0 Å². The summed E-state index contributed by atoms with van der Waals surface area (Å²) in [6.45, 7) is 7.41. The van der Waals surface area contributed by atoms with Gasteiger partial charge in [0.2, 0.25) is 6.23 Å². The quantitative estimate of drug-likeness (QED) is 0.704. The van der Waals surface area contributed by atoms with Gasteiger partial charge in [-0.25, -0.2) is 15.0 Å². The molecular formula is C11H11N5O2. The van der Waals surface area contributed by atoms with Crippen LogP contribution < -0.4 is 5.73 Å². The lowest BCUT2D eigenvalue weighted by Crippen LogP contribution is -2.11. The van der Waals surface area contributed by atoms with Gasteiger partial charge in [-0.2, -0.15) is 0 Å². The Kier molecular flexibility index (Phi) is 2.11. The zero-order valence-electron chi connectivity index (χ0n) is 9.45. The summed E-state index contributed by atoms with van der Waals surface area (Å²) < 4.78 is 7.09. The molecule has 0 unspecified atom stereocenters. The van der Waals surface area contributed by atoms with Crippen molar-refractivity contribution in [2.75, 3.05) is 5.73 Å². The lowest BCUT2D eigenvalue weighted by atomic mass is 10.1. The summed E-state index contributed by atoms with van der Waals surface area (Å²) in [6.07, 6.45) is 1.41. The predicted octanol–water partition coefficient (Wildman–Crippen LogP) is 0.368. The van der Waals surface area contributed by atoms with Gasteiger partial charge in [0, 0.05) is 5.57 Å². The number of imidazole rings is 1. The van der Waals surface area contributed by atoms with Gasteiger partial charge in [-0.3, -0.25) is 4.57 Å². The van der Waals surface area contributed by atoms with Gasteiger partial charge in [0.1, 0.15) is 30.0 Å². The molecule has 18 heavy (non-hydrogen) atoms. The SMILES string of the molecule is C=C1O[C@@H](n2cnc3c(N)ncnc32)C(=C)[C@H]1O. The van der Waals surface area contributed by atoms with Gasteiger partial charge in [0.25, 0.3) is 0 Å². The van der Waals surface area contributed by atoms with Crippen molar-refractivity contribution < 1.29 is 9.84 Å². The van der Waals surface area contributed by atoms with E-state index in [2.05, 4.69) is 28.1 Å². The summed E-state index contributed by atoms with van der Waals surface area (Å²) in [4.78, 5) is 12.1. The van der Waals surface area contributed by atoms with E-state index in [0.29, 0.717) is 22.6 Å². The lowest BCUT2D eigenvalue weighted by molar-refractivity contribution is 0.116. The number of aromatic nitrogens is 4. The Bertz CT molecular complexity index is 662. The van der Waals surface area contributed by atoms with Gasteiger partial charge < -0.3 is 15.6 Å². The third kappa shape index (κ3) is 1.31. The van der Waals surface area contributed by atoms with Crippen LogP contribution in [0.25, 0.3) is 11.2 Å². The minimum absolute atomic E-state index is 0.258. The van der Waals surface area contributed by atoms with Crippen LogP contribution in [0.4, 0.5) is 5.82 Å². The zero-order valence-corrected chi connectivity index (χ0v) is 9.45. The van der Waals surface area contributed by atoms with Crippen LogP contribution in [-0.4, -0.2) is 30.7 Å². The molecule has 2 aromatic rings. The number of aliphatic hydroxyl groups is 1. The fourth-order valence-corrected chi connectivity index (χ4v) is 1.90. The summed E-state index contributed by atoms with van der Waals surface area (Å²) in [5.41, 5.74) is 7.19. The van der Waals surface area contributed by atoms with Gasteiger partial charge in [-0.05, 0) is 0 Å². The highest BCUT2D eigenvalue weighted by Gasteiger charge is 2.34. The van der Waals surface area contributed by atoms with Gasteiger partial charge in [-0.1, -0.05) is 13.2 Å². The van der Waals surface area contributed by atoms with Crippen LogP contribution in [0, 0.1) is 0 Å². The number of aliphatic hydroxyl groups excluding tert-OH is 1. The average molecular weight is 245 g/mol. The molecule has 0 spiro atoms. The highest BCUT2D eigenvalue weighted by Crippen LogP contribution is 2.36. The maximum absolute atomic E-state index is 9.75. The molecule has 0 amide bonds. The minimum Gasteiger partial charge on any atom is -0.468 e. The molecule has 2 aromatic heterocycles. The first-order valence-electron chi connectivity index (χ1n) is 5.25. The lowest BCUT2D eigenvalue weighted by Gasteiger charge is -2.13. The number of rotatable bonds is 1. The Hall–Kier alpha value is -2.41. The first kappa shape index (κ1) is 10.7. The summed E-state index contributed by atoms with van der Waals surface area (Å²) in [5, 5.41) is 9.75. The van der Waals surface area contributed by atoms with Gasteiger partial charge in [0.05, 0.1) is 0 Å². The van der Waals surface area contributed by atoms with Crippen LogP contribution in [0.2, 0.25) is 0 Å². The first-order chi connectivity index (χ1) is 8.59. The molecule has 0 saturated carbocycles. The molecule has 1 aliphatic heterocycles. The van der Waals surface area contributed by atoms with E-state index in [4.69, 9.17) is 10.5 Å². The Morgan fingerprint density at radius 1 is 1.33 bits per heavy atom. The van der Waals surface area contributed by atoms with Crippen molar-refractivity contribution in [3.05, 3.63) is 37.1 Å². The molecule has 1 aliphatic rings. The van der Waals surface area contributed by atoms with Crippen molar-refractivity contribution in [3.63, 3.8) is 0 Å². The van der Waals surface area contributed by atoms with Crippen LogP contribution in [0.1, 0.15) is 6.23 Å². The number of fused-ring (bicyclic) bond motifs is 1. The molecule has 1 saturated heterocycles. The van der Waals surface area contributed by atoms with E-state index in [-0.39, 0.29) is 5.76 Å². The average Bonchev–Trinajstić information content (AvgIpc) is 2.88. The van der Waals surface area contributed by atoms with Crippen LogP contribution in [0.3, 0.4) is 0 Å². The molecule has 0 aliphatic carbocycles. The Balaban J connectivity index is 2.14. The zero-order chi connectivity index (χ0) is 12.9. The molecule has 2 atom stereocenters. The summed E-state index contributed by atoms with van der Waals surface area (Å²) in [6, 6.07) is 0. The van der Waals surface area contributed by atoms with Crippen molar-refractivity contribution in [1.82, 2.24) is 19.5 Å². The summed E-state index contributed by atoms with van der Waals surface area (Å²) in [5.74, 6) is 0.551. The Morgan fingerprint density at radius 2 is 2.11 bits per heavy atom. The topological polar surface area (TPSA) is 99.1 Å². The van der Waals surface area contributed by atoms with E-state index in [9.17, 15) is 5.11 Å². The van der Waals surface area contributed by atoms with E-state index in [0.717, 1.165) is 0 Å². The van der Waals surface area contributed by atoms with Gasteiger partial charge in [-0.15, -0.1) is 0 Å². The largest absolute Gasteiger partial charge is 0.468 e. The molecule has 1 fully saturated rings. The van der Waals surface area contributed by atoms with Crippen LogP contribution >= 0.6 is 0 Å². The Labute approximate surface area is 102 Å². The van der Waals surface area contributed by atoms with Crippen molar-refractivity contribution in [2.45, 2.75) is 12.3 Å². The summed E-state index contributed by atoms with van der Waals surface area (Å²) >= 11 is 0. The molecule has 92 valence electrons. The fraction of sp³-hybridized carbons (Fsp3) is 0.182. The molecule has 0 radical (unpaired) electrons. The van der Waals surface area contributed by atoms with Gasteiger partial charge >= 0.3 is 0 Å². The van der Waals surface area contributed by atoms with Crippen LogP contribution in [-0.2, 0) is 4.74 Å². The molecule has 7 heteroatoms. The van der Waals surface area contributed by atoms with Crippen LogP contribution in [0.15, 0.2) is 37.1 Å². The highest BCUT2D eigenvalue weighted by atomic mass is 16.5. The van der Waals surface area contributed by atoms with Crippen molar-refractivity contribution in [3.8, 4) is 0 Å². The molecule has 3 heterocycles. The number of hydrogen-bond donors (Lipinski definition) is 2. The third-order valence-electron chi connectivity index (χ3n) is 2.88.